The second-order valence-corrected chi connectivity index (χ2v) is 5.38. The maximum atomic E-state index is 5.47. The van der Waals surface area contributed by atoms with Gasteiger partial charge < -0.3 is 10.1 Å². The van der Waals surface area contributed by atoms with E-state index in [1.807, 2.05) is 0 Å². The van der Waals surface area contributed by atoms with Gasteiger partial charge in [0.05, 0.1) is 6.61 Å². The van der Waals surface area contributed by atoms with Crippen LogP contribution in [0.15, 0.2) is 0 Å². The van der Waals surface area contributed by atoms with Gasteiger partial charge in [-0.2, -0.15) is 0 Å². The molecular weight excluding hydrogens is 174 g/mol. The van der Waals surface area contributed by atoms with Crippen molar-refractivity contribution in [2.45, 2.75) is 39.0 Å². The van der Waals surface area contributed by atoms with Crippen molar-refractivity contribution in [3.05, 3.63) is 0 Å². The molecule has 1 saturated carbocycles. The Morgan fingerprint density at radius 1 is 1.36 bits per heavy atom. The van der Waals surface area contributed by atoms with Crippen molar-refractivity contribution < 1.29 is 4.74 Å². The molecule has 14 heavy (non-hydrogen) atoms. The Bertz CT molecular complexity index is 171. The summed E-state index contributed by atoms with van der Waals surface area (Å²) in [5.41, 5.74) is 0.621. The minimum Gasteiger partial charge on any atom is -0.381 e. The summed E-state index contributed by atoms with van der Waals surface area (Å²) >= 11 is 0. The van der Waals surface area contributed by atoms with Crippen LogP contribution >= 0.6 is 0 Å². The molecule has 0 spiro atoms. The van der Waals surface area contributed by atoms with E-state index in [1.165, 1.54) is 38.6 Å². The van der Waals surface area contributed by atoms with Crippen LogP contribution in [-0.4, -0.2) is 26.3 Å². The fraction of sp³-hybridized carbons (Fsp3) is 1.00. The molecule has 1 aliphatic heterocycles. The molecule has 2 heteroatoms. The van der Waals surface area contributed by atoms with Gasteiger partial charge in [0.25, 0.3) is 0 Å². The zero-order chi connectivity index (χ0) is 9.86. The smallest absolute Gasteiger partial charge is 0.0506 e. The molecule has 1 saturated heterocycles. The third-order valence-corrected chi connectivity index (χ3v) is 3.80. The summed E-state index contributed by atoms with van der Waals surface area (Å²) in [6.45, 7) is 6.73. The number of hydrogen-bond acceptors (Lipinski definition) is 2. The highest BCUT2D eigenvalue weighted by atomic mass is 16.5. The maximum Gasteiger partial charge on any atom is 0.0506 e. The third-order valence-electron chi connectivity index (χ3n) is 3.80. The van der Waals surface area contributed by atoms with Gasteiger partial charge in [0.15, 0.2) is 0 Å². The molecule has 0 aromatic rings. The van der Waals surface area contributed by atoms with E-state index in [9.17, 15) is 0 Å². The largest absolute Gasteiger partial charge is 0.381 e. The number of rotatable bonds is 4. The predicted molar refractivity (Wildman–Crippen MR) is 58.4 cm³/mol. The Hall–Kier alpha value is -0.0800. The first-order chi connectivity index (χ1) is 6.79. The fourth-order valence-electron chi connectivity index (χ4n) is 2.50. The molecule has 0 radical (unpaired) electrons. The van der Waals surface area contributed by atoms with Crippen molar-refractivity contribution >= 4 is 0 Å². The predicted octanol–water partition coefficient (Wildman–Crippen LogP) is 2.19. The van der Waals surface area contributed by atoms with Crippen LogP contribution < -0.4 is 5.32 Å². The Balaban J connectivity index is 1.57. The van der Waals surface area contributed by atoms with Crippen LogP contribution in [0.1, 0.15) is 39.0 Å². The van der Waals surface area contributed by atoms with Gasteiger partial charge in [-0.15, -0.1) is 0 Å². The van der Waals surface area contributed by atoms with E-state index in [2.05, 4.69) is 12.2 Å². The molecule has 1 aliphatic carbocycles. The van der Waals surface area contributed by atoms with Crippen LogP contribution in [-0.2, 0) is 4.74 Å². The summed E-state index contributed by atoms with van der Waals surface area (Å²) in [6.07, 6.45) is 6.88. The normalized spacial score (nSPS) is 31.1. The first-order valence-corrected chi connectivity index (χ1v) is 6.07. The average Bonchev–Trinajstić information content (AvgIpc) is 2.17. The second kappa shape index (κ2) is 4.63. The van der Waals surface area contributed by atoms with Gasteiger partial charge >= 0.3 is 0 Å². The molecule has 1 atom stereocenters. The van der Waals surface area contributed by atoms with Crippen molar-refractivity contribution in [3.8, 4) is 0 Å². The zero-order valence-electron chi connectivity index (χ0n) is 9.35. The zero-order valence-corrected chi connectivity index (χ0v) is 9.35. The topological polar surface area (TPSA) is 21.3 Å². The van der Waals surface area contributed by atoms with Gasteiger partial charge in [0.1, 0.15) is 0 Å². The Labute approximate surface area is 87.4 Å². The highest BCUT2D eigenvalue weighted by Gasteiger charge is 2.31. The van der Waals surface area contributed by atoms with E-state index in [4.69, 9.17) is 4.74 Å². The number of nitrogens with one attached hydrogen (secondary N) is 1. The van der Waals surface area contributed by atoms with Gasteiger partial charge in [0.2, 0.25) is 0 Å². The molecule has 2 aliphatic rings. The van der Waals surface area contributed by atoms with Gasteiger partial charge in [-0.05, 0) is 37.0 Å². The van der Waals surface area contributed by atoms with Gasteiger partial charge in [-0.1, -0.05) is 13.3 Å². The molecule has 1 unspecified atom stereocenters. The lowest BCUT2D eigenvalue weighted by Gasteiger charge is -2.39. The summed E-state index contributed by atoms with van der Waals surface area (Å²) < 4.78 is 5.47. The molecule has 1 heterocycles. The van der Waals surface area contributed by atoms with Crippen LogP contribution in [0.25, 0.3) is 0 Å². The summed E-state index contributed by atoms with van der Waals surface area (Å²) in [5, 5.41) is 3.62. The fourth-order valence-corrected chi connectivity index (χ4v) is 2.50. The lowest BCUT2D eigenvalue weighted by atomic mass is 9.70. The van der Waals surface area contributed by atoms with E-state index >= 15 is 0 Å². The highest BCUT2D eigenvalue weighted by Crippen LogP contribution is 2.39. The molecule has 0 amide bonds. The van der Waals surface area contributed by atoms with Crippen LogP contribution in [0.5, 0.6) is 0 Å². The lowest BCUT2D eigenvalue weighted by molar-refractivity contribution is 0.0520. The minimum atomic E-state index is 0.621. The van der Waals surface area contributed by atoms with Crippen LogP contribution in [0.4, 0.5) is 0 Å². The molecule has 0 aromatic carbocycles. The quantitative estimate of drug-likeness (QED) is 0.746. The highest BCUT2D eigenvalue weighted by molar-refractivity contribution is 4.85. The third kappa shape index (κ3) is 2.71. The van der Waals surface area contributed by atoms with Crippen molar-refractivity contribution in [2.24, 2.45) is 11.3 Å². The summed E-state index contributed by atoms with van der Waals surface area (Å²) in [7, 11) is 0. The van der Waals surface area contributed by atoms with E-state index in [-0.39, 0.29) is 0 Å². The Kier molecular flexibility index (Phi) is 3.45. The second-order valence-electron chi connectivity index (χ2n) is 5.38. The minimum absolute atomic E-state index is 0.621. The van der Waals surface area contributed by atoms with Crippen LogP contribution in [0, 0.1) is 11.3 Å². The number of ether oxygens (including phenoxy) is 1. The molecule has 2 fully saturated rings. The van der Waals surface area contributed by atoms with Crippen LogP contribution in [0.3, 0.4) is 0 Å². The molecule has 2 rings (SSSR count). The number of hydrogen-bond donors (Lipinski definition) is 1. The van der Waals surface area contributed by atoms with Crippen LogP contribution in [0.2, 0.25) is 0 Å². The Morgan fingerprint density at radius 2 is 2.21 bits per heavy atom. The SMILES string of the molecule is CC1(CNCC2CCCOC2)CCC1. The van der Waals surface area contributed by atoms with Gasteiger partial charge in [-0.25, -0.2) is 0 Å². The maximum absolute atomic E-state index is 5.47. The molecule has 0 bridgehead atoms. The molecule has 82 valence electrons. The van der Waals surface area contributed by atoms with Crippen molar-refractivity contribution in [1.29, 1.82) is 0 Å². The molecule has 1 N–H and O–H groups in total. The summed E-state index contributed by atoms with van der Waals surface area (Å²) in [4.78, 5) is 0. The molecule has 0 aromatic heterocycles. The van der Waals surface area contributed by atoms with E-state index in [0.717, 1.165) is 25.7 Å². The first kappa shape index (κ1) is 10.4. The summed E-state index contributed by atoms with van der Waals surface area (Å²) in [6, 6.07) is 0. The van der Waals surface area contributed by atoms with Crippen molar-refractivity contribution in [3.63, 3.8) is 0 Å². The van der Waals surface area contributed by atoms with E-state index < -0.39 is 0 Å². The molecular formula is C12H23NO. The standard InChI is InChI=1S/C12H23NO/c1-12(5-3-6-12)10-13-8-11-4-2-7-14-9-11/h11,13H,2-10H2,1H3. The average molecular weight is 197 g/mol. The van der Waals surface area contributed by atoms with Gasteiger partial charge in [0, 0.05) is 19.7 Å². The van der Waals surface area contributed by atoms with Gasteiger partial charge in [-0.3, -0.25) is 0 Å². The summed E-state index contributed by atoms with van der Waals surface area (Å²) in [5.74, 6) is 0.771. The van der Waals surface area contributed by atoms with Crippen molar-refractivity contribution in [2.75, 3.05) is 26.3 Å². The van der Waals surface area contributed by atoms with E-state index in [1.54, 1.807) is 0 Å². The van der Waals surface area contributed by atoms with Crippen molar-refractivity contribution in [1.82, 2.24) is 5.32 Å². The lowest BCUT2D eigenvalue weighted by Crippen LogP contribution is -2.40. The monoisotopic (exact) mass is 197 g/mol. The first-order valence-electron chi connectivity index (χ1n) is 6.07. The van der Waals surface area contributed by atoms with E-state index in [0.29, 0.717) is 5.41 Å². The Morgan fingerprint density at radius 3 is 2.79 bits per heavy atom. The molecule has 2 nitrogen and oxygen atoms in total.